The number of carbonyl (C=O) groups is 1. The van der Waals surface area contributed by atoms with Crippen LogP contribution in [0.15, 0.2) is 46.3 Å². The first-order chi connectivity index (χ1) is 10.6. The van der Waals surface area contributed by atoms with Gasteiger partial charge in [0.1, 0.15) is 5.76 Å². The highest BCUT2D eigenvalue weighted by Crippen LogP contribution is 2.39. The Labute approximate surface area is 138 Å². The van der Waals surface area contributed by atoms with E-state index in [9.17, 15) is 20.1 Å². The summed E-state index contributed by atoms with van der Waals surface area (Å²) in [4.78, 5) is 11.6. The molecule has 0 saturated carbocycles. The summed E-state index contributed by atoms with van der Waals surface area (Å²) in [5.41, 5.74) is 1.12. The van der Waals surface area contributed by atoms with Crippen LogP contribution in [-0.4, -0.2) is 26.9 Å². The summed E-state index contributed by atoms with van der Waals surface area (Å²) in [6.07, 6.45) is 7.60. The zero-order valence-corrected chi connectivity index (χ0v) is 14.7. The normalized spacial score (nSPS) is 25.2. The molecule has 0 aromatic rings. The summed E-state index contributed by atoms with van der Waals surface area (Å²) >= 11 is 0. The van der Waals surface area contributed by atoms with E-state index in [4.69, 9.17) is 0 Å². The van der Waals surface area contributed by atoms with E-state index in [1.807, 2.05) is 26.8 Å². The molecule has 2 unspecified atom stereocenters. The molecule has 0 bridgehead atoms. The highest BCUT2D eigenvalue weighted by atomic mass is 16.4. The van der Waals surface area contributed by atoms with E-state index in [1.165, 1.54) is 5.57 Å². The lowest BCUT2D eigenvalue weighted by atomic mass is 9.73. The number of aliphatic carboxylic acids is 1. The number of carboxylic acids is 1. The quantitative estimate of drug-likeness (QED) is 0.638. The van der Waals surface area contributed by atoms with E-state index in [0.29, 0.717) is 5.57 Å². The van der Waals surface area contributed by atoms with E-state index >= 15 is 0 Å². The molecule has 0 fully saturated rings. The third-order valence-corrected chi connectivity index (χ3v) is 4.52. The fourth-order valence-electron chi connectivity index (χ4n) is 2.76. The van der Waals surface area contributed by atoms with Crippen molar-refractivity contribution < 1.29 is 20.1 Å². The van der Waals surface area contributed by atoms with Gasteiger partial charge in [0.15, 0.2) is 5.60 Å². The fourth-order valence-corrected chi connectivity index (χ4v) is 2.76. The molecule has 1 aliphatic rings. The monoisotopic (exact) mass is 320 g/mol. The van der Waals surface area contributed by atoms with Crippen LogP contribution in [0.25, 0.3) is 0 Å². The first-order valence-corrected chi connectivity index (χ1v) is 7.96. The van der Waals surface area contributed by atoms with Gasteiger partial charge in [-0.25, -0.2) is 4.79 Å². The molecule has 3 N–H and O–H groups in total. The molecule has 128 valence electrons. The highest BCUT2D eigenvalue weighted by molar-refractivity contribution is 5.83. The second-order valence-corrected chi connectivity index (χ2v) is 6.62. The van der Waals surface area contributed by atoms with Gasteiger partial charge in [-0.3, -0.25) is 0 Å². The van der Waals surface area contributed by atoms with Gasteiger partial charge in [0.2, 0.25) is 0 Å². The van der Waals surface area contributed by atoms with Gasteiger partial charge in [0.25, 0.3) is 0 Å². The predicted octanol–water partition coefficient (Wildman–Crippen LogP) is 4.29. The van der Waals surface area contributed by atoms with Crippen LogP contribution in [0.4, 0.5) is 0 Å². The highest BCUT2D eigenvalue weighted by Gasteiger charge is 2.48. The molecule has 0 aromatic carbocycles. The lowest BCUT2D eigenvalue weighted by molar-refractivity contribution is -0.158. The van der Waals surface area contributed by atoms with E-state index in [1.54, 1.807) is 19.9 Å². The van der Waals surface area contributed by atoms with Crippen LogP contribution in [0.2, 0.25) is 0 Å². The number of allylic oxidation sites excluding steroid dienone is 5. The summed E-state index contributed by atoms with van der Waals surface area (Å²) < 4.78 is 0. The molecule has 0 aromatic heterocycles. The van der Waals surface area contributed by atoms with Crippen molar-refractivity contribution in [1.29, 1.82) is 0 Å². The summed E-state index contributed by atoms with van der Waals surface area (Å²) in [6.45, 7) is 9.45. The standard InChI is InChI=1S/C19H28O4/c1-12(2)7-6-8-13(3)9-10-16-17(20)11-14(4)15(5)19(16,23)18(21)22/h7,9,11,15,20,23H,6,8,10H2,1-5H3,(H,21,22). The SMILES string of the molecule is CC(C)=CCCC(C)=CCC1=C(O)C=C(C)C(C)C1(O)C(=O)O. The van der Waals surface area contributed by atoms with Crippen LogP contribution < -0.4 is 0 Å². The molecule has 0 heterocycles. The van der Waals surface area contributed by atoms with E-state index in [-0.39, 0.29) is 17.8 Å². The van der Waals surface area contributed by atoms with Crippen LogP contribution in [0.1, 0.15) is 53.9 Å². The molecular formula is C19H28O4. The van der Waals surface area contributed by atoms with E-state index < -0.39 is 17.5 Å². The van der Waals surface area contributed by atoms with Gasteiger partial charge in [0.05, 0.1) is 0 Å². The van der Waals surface area contributed by atoms with Crippen LogP contribution in [-0.2, 0) is 4.79 Å². The molecule has 23 heavy (non-hydrogen) atoms. The molecule has 4 nitrogen and oxygen atoms in total. The Bertz CT molecular complexity index is 588. The van der Waals surface area contributed by atoms with Crippen molar-refractivity contribution in [2.45, 2.75) is 59.5 Å². The van der Waals surface area contributed by atoms with Crippen LogP contribution >= 0.6 is 0 Å². The first-order valence-electron chi connectivity index (χ1n) is 7.96. The fraction of sp³-hybridized carbons (Fsp3) is 0.526. The summed E-state index contributed by atoms with van der Waals surface area (Å²) in [5.74, 6) is -2.04. The topological polar surface area (TPSA) is 77.8 Å². The Morgan fingerprint density at radius 3 is 2.43 bits per heavy atom. The molecule has 1 rings (SSSR count). The maximum Gasteiger partial charge on any atom is 0.340 e. The molecule has 0 spiro atoms. The lowest BCUT2D eigenvalue weighted by Crippen LogP contribution is -2.49. The molecule has 0 radical (unpaired) electrons. The van der Waals surface area contributed by atoms with Crippen LogP contribution in [0, 0.1) is 5.92 Å². The van der Waals surface area contributed by atoms with Crippen molar-refractivity contribution in [2.24, 2.45) is 5.92 Å². The third-order valence-electron chi connectivity index (χ3n) is 4.52. The minimum absolute atomic E-state index is 0.140. The second kappa shape index (κ2) is 7.64. The summed E-state index contributed by atoms with van der Waals surface area (Å²) in [7, 11) is 0. The summed E-state index contributed by atoms with van der Waals surface area (Å²) in [5, 5.41) is 30.3. The Morgan fingerprint density at radius 1 is 1.30 bits per heavy atom. The van der Waals surface area contributed by atoms with Gasteiger partial charge in [-0.1, -0.05) is 35.8 Å². The molecular weight excluding hydrogens is 292 g/mol. The molecule has 4 heteroatoms. The van der Waals surface area contributed by atoms with Crippen molar-refractivity contribution in [3.05, 3.63) is 46.3 Å². The third kappa shape index (κ3) is 4.35. The van der Waals surface area contributed by atoms with Crippen LogP contribution in [0.3, 0.4) is 0 Å². The average Bonchev–Trinajstić information content (AvgIpc) is 2.44. The zero-order valence-electron chi connectivity index (χ0n) is 14.7. The van der Waals surface area contributed by atoms with Gasteiger partial charge in [0, 0.05) is 11.5 Å². The van der Waals surface area contributed by atoms with Crippen molar-refractivity contribution >= 4 is 5.97 Å². The predicted molar refractivity (Wildman–Crippen MR) is 92.2 cm³/mol. The lowest BCUT2D eigenvalue weighted by Gasteiger charge is -2.36. The Kier molecular flexibility index (Phi) is 6.39. The number of hydrogen-bond donors (Lipinski definition) is 3. The molecule has 0 saturated heterocycles. The molecule has 0 aliphatic heterocycles. The summed E-state index contributed by atoms with van der Waals surface area (Å²) in [6, 6.07) is 0. The number of aliphatic hydroxyl groups excluding tert-OH is 1. The number of rotatable bonds is 6. The first kappa shape index (κ1) is 19.2. The van der Waals surface area contributed by atoms with Crippen molar-refractivity contribution in [2.75, 3.05) is 0 Å². The Balaban J connectivity index is 3.01. The smallest absolute Gasteiger partial charge is 0.340 e. The van der Waals surface area contributed by atoms with E-state index in [0.717, 1.165) is 18.4 Å². The van der Waals surface area contributed by atoms with Gasteiger partial charge in [-0.05, 0) is 53.0 Å². The van der Waals surface area contributed by atoms with Crippen molar-refractivity contribution in [3.8, 4) is 0 Å². The van der Waals surface area contributed by atoms with Gasteiger partial charge >= 0.3 is 5.97 Å². The second-order valence-electron chi connectivity index (χ2n) is 6.62. The van der Waals surface area contributed by atoms with Gasteiger partial charge < -0.3 is 15.3 Å². The van der Waals surface area contributed by atoms with Gasteiger partial charge in [-0.15, -0.1) is 0 Å². The number of hydrogen-bond acceptors (Lipinski definition) is 3. The molecule has 1 aliphatic carbocycles. The molecule has 2 atom stereocenters. The number of aliphatic hydroxyl groups is 2. The van der Waals surface area contributed by atoms with Gasteiger partial charge in [-0.2, -0.15) is 0 Å². The van der Waals surface area contributed by atoms with Crippen LogP contribution in [0.5, 0.6) is 0 Å². The largest absolute Gasteiger partial charge is 0.508 e. The minimum Gasteiger partial charge on any atom is -0.508 e. The maximum absolute atomic E-state index is 11.6. The van der Waals surface area contributed by atoms with E-state index in [2.05, 4.69) is 6.08 Å². The average molecular weight is 320 g/mol. The van der Waals surface area contributed by atoms with Crippen molar-refractivity contribution in [1.82, 2.24) is 0 Å². The maximum atomic E-state index is 11.6. The Morgan fingerprint density at radius 2 is 1.91 bits per heavy atom. The number of carboxylic acid groups (broad SMARTS) is 1. The molecule has 0 amide bonds. The minimum atomic E-state index is -2.06. The van der Waals surface area contributed by atoms with Crippen molar-refractivity contribution in [3.63, 3.8) is 0 Å². The Hall–Kier alpha value is -1.81. The zero-order chi connectivity index (χ0) is 17.8.